The molecule has 1 amide bonds. The van der Waals surface area contributed by atoms with Crippen molar-refractivity contribution in [3.63, 3.8) is 0 Å². The van der Waals surface area contributed by atoms with Gasteiger partial charge in [0.05, 0.1) is 0 Å². The summed E-state index contributed by atoms with van der Waals surface area (Å²) >= 11 is 0. The maximum Gasteiger partial charge on any atom is 0.254 e. The lowest BCUT2D eigenvalue weighted by Crippen LogP contribution is -2.36. The molecule has 6 heteroatoms. The van der Waals surface area contributed by atoms with Gasteiger partial charge in [-0.1, -0.05) is 30.3 Å². The fourth-order valence-electron chi connectivity index (χ4n) is 2.06. The van der Waals surface area contributed by atoms with Crippen LogP contribution < -0.4 is 5.73 Å². The first-order chi connectivity index (χ1) is 9.81. The van der Waals surface area contributed by atoms with E-state index >= 15 is 0 Å². The van der Waals surface area contributed by atoms with Gasteiger partial charge in [-0.05, 0) is 24.1 Å². The second-order valence-corrected chi connectivity index (χ2v) is 4.55. The summed E-state index contributed by atoms with van der Waals surface area (Å²) in [5, 5.41) is 0. The first-order valence-electron chi connectivity index (χ1n) is 6.74. The summed E-state index contributed by atoms with van der Waals surface area (Å²) in [5.41, 5.74) is 7.48. The molecule has 0 aliphatic rings. The summed E-state index contributed by atoms with van der Waals surface area (Å²) < 4.78 is 0. The van der Waals surface area contributed by atoms with Crippen LogP contribution in [0.15, 0.2) is 54.9 Å². The van der Waals surface area contributed by atoms with Crippen molar-refractivity contribution in [1.29, 1.82) is 0 Å². The summed E-state index contributed by atoms with van der Waals surface area (Å²) in [6.07, 6.45) is 4.09. The Bertz CT molecular complexity index is 538. The van der Waals surface area contributed by atoms with Gasteiger partial charge in [0, 0.05) is 37.6 Å². The van der Waals surface area contributed by atoms with Crippen molar-refractivity contribution < 1.29 is 4.79 Å². The predicted molar refractivity (Wildman–Crippen MR) is 93.8 cm³/mol. The minimum atomic E-state index is 0. The SMILES string of the molecule is Cl.Cl.NCCN(CCc1ccccc1)C(=O)c1ccncc1. The Balaban J connectivity index is 0.00000220. The van der Waals surface area contributed by atoms with Crippen molar-refractivity contribution >= 4 is 30.7 Å². The maximum absolute atomic E-state index is 12.4. The molecule has 0 saturated heterocycles. The molecule has 0 aliphatic carbocycles. The Hall–Kier alpha value is -1.62. The molecule has 0 aliphatic heterocycles. The number of carbonyl (C=O) groups excluding carboxylic acids is 1. The van der Waals surface area contributed by atoms with Crippen LogP contribution in [0.25, 0.3) is 0 Å². The van der Waals surface area contributed by atoms with Crippen LogP contribution in [0, 0.1) is 0 Å². The summed E-state index contributed by atoms with van der Waals surface area (Å²) in [6, 6.07) is 13.6. The lowest BCUT2D eigenvalue weighted by molar-refractivity contribution is 0.0762. The number of pyridine rings is 1. The highest BCUT2D eigenvalue weighted by Crippen LogP contribution is 2.06. The molecule has 22 heavy (non-hydrogen) atoms. The van der Waals surface area contributed by atoms with Crippen molar-refractivity contribution in [2.24, 2.45) is 5.73 Å². The van der Waals surface area contributed by atoms with E-state index in [0.717, 1.165) is 6.42 Å². The van der Waals surface area contributed by atoms with E-state index in [0.29, 0.717) is 25.2 Å². The van der Waals surface area contributed by atoms with E-state index in [9.17, 15) is 4.79 Å². The molecule has 4 nitrogen and oxygen atoms in total. The average Bonchev–Trinajstić information content (AvgIpc) is 2.52. The molecule has 120 valence electrons. The molecule has 2 aromatic rings. The van der Waals surface area contributed by atoms with Crippen molar-refractivity contribution in [2.75, 3.05) is 19.6 Å². The van der Waals surface area contributed by atoms with Gasteiger partial charge in [0.15, 0.2) is 0 Å². The number of hydrogen-bond acceptors (Lipinski definition) is 3. The van der Waals surface area contributed by atoms with Gasteiger partial charge in [0.1, 0.15) is 0 Å². The molecule has 0 atom stereocenters. The number of nitrogens with two attached hydrogens (primary N) is 1. The average molecular weight is 342 g/mol. The molecule has 1 aromatic carbocycles. The van der Waals surface area contributed by atoms with E-state index in [1.807, 2.05) is 18.2 Å². The van der Waals surface area contributed by atoms with Crippen LogP contribution in [-0.2, 0) is 6.42 Å². The first kappa shape index (κ1) is 20.4. The zero-order valence-corrected chi connectivity index (χ0v) is 13.9. The molecule has 0 saturated carbocycles. The lowest BCUT2D eigenvalue weighted by Gasteiger charge is -2.22. The van der Waals surface area contributed by atoms with Crippen LogP contribution >= 0.6 is 24.8 Å². The molecule has 0 bridgehead atoms. The fourth-order valence-corrected chi connectivity index (χ4v) is 2.06. The van der Waals surface area contributed by atoms with Crippen LogP contribution in [0.5, 0.6) is 0 Å². The number of rotatable bonds is 6. The summed E-state index contributed by atoms with van der Waals surface area (Å²) in [4.78, 5) is 18.1. The molecular formula is C16H21Cl2N3O. The van der Waals surface area contributed by atoms with E-state index in [4.69, 9.17) is 5.73 Å². The second-order valence-electron chi connectivity index (χ2n) is 4.55. The zero-order chi connectivity index (χ0) is 14.2. The zero-order valence-electron chi connectivity index (χ0n) is 12.2. The van der Waals surface area contributed by atoms with Gasteiger partial charge < -0.3 is 10.6 Å². The van der Waals surface area contributed by atoms with Gasteiger partial charge in [0.2, 0.25) is 0 Å². The van der Waals surface area contributed by atoms with Crippen molar-refractivity contribution in [3.8, 4) is 0 Å². The highest BCUT2D eigenvalue weighted by molar-refractivity contribution is 5.94. The molecule has 2 N–H and O–H groups in total. The molecule has 0 radical (unpaired) electrons. The van der Waals surface area contributed by atoms with Crippen LogP contribution in [0.4, 0.5) is 0 Å². The third-order valence-electron chi connectivity index (χ3n) is 3.13. The predicted octanol–water partition coefficient (Wildman–Crippen LogP) is 2.57. The van der Waals surface area contributed by atoms with E-state index in [-0.39, 0.29) is 30.7 Å². The standard InChI is InChI=1S/C16H19N3O.2ClH/c17-9-13-19(12-8-14-4-2-1-3-5-14)16(20)15-6-10-18-11-7-15;;/h1-7,10-11H,8-9,12-13,17H2;2*1H. The monoisotopic (exact) mass is 341 g/mol. The lowest BCUT2D eigenvalue weighted by atomic mass is 10.1. The van der Waals surface area contributed by atoms with E-state index < -0.39 is 0 Å². The van der Waals surface area contributed by atoms with Crippen molar-refractivity contribution in [1.82, 2.24) is 9.88 Å². The molecule has 0 unspecified atom stereocenters. The van der Waals surface area contributed by atoms with Crippen molar-refractivity contribution in [3.05, 3.63) is 66.0 Å². The van der Waals surface area contributed by atoms with E-state index in [1.54, 1.807) is 29.4 Å². The fraction of sp³-hybridized carbons (Fsp3) is 0.250. The van der Waals surface area contributed by atoms with Gasteiger partial charge in [-0.2, -0.15) is 0 Å². The van der Waals surface area contributed by atoms with Gasteiger partial charge in [-0.3, -0.25) is 9.78 Å². The Morgan fingerprint density at radius 1 is 1.00 bits per heavy atom. The molecular weight excluding hydrogens is 321 g/mol. The summed E-state index contributed by atoms with van der Waals surface area (Å²) in [7, 11) is 0. The third-order valence-corrected chi connectivity index (χ3v) is 3.13. The topological polar surface area (TPSA) is 59.2 Å². The summed E-state index contributed by atoms with van der Waals surface area (Å²) in [5.74, 6) is 0.00813. The minimum Gasteiger partial charge on any atom is -0.337 e. The van der Waals surface area contributed by atoms with Gasteiger partial charge >= 0.3 is 0 Å². The smallest absolute Gasteiger partial charge is 0.254 e. The number of amides is 1. The Morgan fingerprint density at radius 2 is 1.64 bits per heavy atom. The number of benzene rings is 1. The highest BCUT2D eigenvalue weighted by atomic mass is 35.5. The Kier molecular flexibility index (Phi) is 10.2. The number of nitrogens with zero attached hydrogens (tertiary/aromatic N) is 2. The van der Waals surface area contributed by atoms with Crippen molar-refractivity contribution in [2.45, 2.75) is 6.42 Å². The van der Waals surface area contributed by atoms with Gasteiger partial charge in [0.25, 0.3) is 5.91 Å². The number of carbonyl (C=O) groups is 1. The largest absolute Gasteiger partial charge is 0.337 e. The van der Waals surface area contributed by atoms with Gasteiger partial charge in [-0.15, -0.1) is 24.8 Å². The molecule has 1 aromatic heterocycles. The number of halogens is 2. The van der Waals surface area contributed by atoms with Crippen LogP contribution in [0.1, 0.15) is 15.9 Å². The Morgan fingerprint density at radius 3 is 2.23 bits per heavy atom. The van der Waals surface area contributed by atoms with Gasteiger partial charge in [-0.25, -0.2) is 0 Å². The minimum absolute atomic E-state index is 0. The molecule has 1 heterocycles. The normalized spacial score (nSPS) is 9.32. The quantitative estimate of drug-likeness (QED) is 0.878. The number of hydrogen-bond donors (Lipinski definition) is 1. The highest BCUT2D eigenvalue weighted by Gasteiger charge is 2.14. The first-order valence-corrected chi connectivity index (χ1v) is 6.74. The van der Waals surface area contributed by atoms with E-state index in [2.05, 4.69) is 17.1 Å². The number of aromatic nitrogens is 1. The summed E-state index contributed by atoms with van der Waals surface area (Å²) in [6.45, 7) is 1.70. The maximum atomic E-state index is 12.4. The molecule has 0 fully saturated rings. The molecule has 2 rings (SSSR count). The van der Waals surface area contributed by atoms with Crippen LogP contribution in [0.2, 0.25) is 0 Å². The molecule has 0 spiro atoms. The van der Waals surface area contributed by atoms with Crippen LogP contribution in [0.3, 0.4) is 0 Å². The van der Waals surface area contributed by atoms with Crippen LogP contribution in [-0.4, -0.2) is 35.4 Å². The Labute approximate surface area is 143 Å². The second kappa shape index (κ2) is 11.0. The van der Waals surface area contributed by atoms with E-state index in [1.165, 1.54) is 5.56 Å². The third kappa shape index (κ3) is 6.02.